The highest BCUT2D eigenvalue weighted by Gasteiger charge is 2.34. The largest absolute Gasteiger partial charge is 0.480 e. The second kappa shape index (κ2) is 8.10. The highest BCUT2D eigenvalue weighted by Crippen LogP contribution is 2.26. The number of halogens is 1. The van der Waals surface area contributed by atoms with Crippen LogP contribution in [0.1, 0.15) is 12.5 Å². The van der Waals surface area contributed by atoms with Gasteiger partial charge in [0.1, 0.15) is 6.04 Å². The molecule has 26 heavy (non-hydrogen) atoms. The average Bonchev–Trinajstić information content (AvgIpc) is 2.59. The van der Waals surface area contributed by atoms with Gasteiger partial charge in [-0.3, -0.25) is 14.9 Å². The average molecular weight is 490 g/mol. The topological polar surface area (TPSA) is 118 Å². The molecule has 1 N–H and O–H groups in total. The first-order chi connectivity index (χ1) is 12.1. The molecule has 0 aliphatic rings. The van der Waals surface area contributed by atoms with Gasteiger partial charge in [-0.1, -0.05) is 18.2 Å². The van der Waals surface area contributed by atoms with Crippen molar-refractivity contribution < 1.29 is 23.2 Å². The molecule has 0 saturated heterocycles. The Hall–Kier alpha value is -2.05. The number of nitro groups is 1. The summed E-state index contributed by atoms with van der Waals surface area (Å²) in [7, 11) is -4.18. The van der Waals surface area contributed by atoms with E-state index in [1.165, 1.54) is 43.3 Å². The van der Waals surface area contributed by atoms with Crippen molar-refractivity contribution in [3.63, 3.8) is 0 Å². The molecule has 10 heteroatoms. The second-order valence-electron chi connectivity index (χ2n) is 5.40. The van der Waals surface area contributed by atoms with E-state index < -0.39 is 33.5 Å². The molecular formula is C16H15IN2O6S. The Balaban J connectivity index is 2.53. The minimum atomic E-state index is -4.18. The molecule has 0 aromatic heterocycles. The molecule has 1 atom stereocenters. The quantitative estimate of drug-likeness (QED) is 0.363. The molecule has 0 spiro atoms. The number of rotatable bonds is 7. The fourth-order valence-corrected chi connectivity index (χ4v) is 4.21. The zero-order valence-electron chi connectivity index (χ0n) is 13.6. The maximum Gasteiger partial charge on any atom is 0.321 e. The number of hydrogen-bond acceptors (Lipinski definition) is 5. The van der Waals surface area contributed by atoms with Crippen molar-refractivity contribution in [1.29, 1.82) is 0 Å². The number of carbonyl (C=O) groups is 1. The van der Waals surface area contributed by atoms with Crippen molar-refractivity contribution in [1.82, 2.24) is 4.31 Å². The van der Waals surface area contributed by atoms with Gasteiger partial charge in [0.2, 0.25) is 10.0 Å². The Morgan fingerprint density at radius 1 is 1.23 bits per heavy atom. The third-order valence-corrected chi connectivity index (χ3v) is 6.37. The van der Waals surface area contributed by atoms with E-state index >= 15 is 0 Å². The predicted molar refractivity (Wildman–Crippen MR) is 102 cm³/mol. The number of benzene rings is 2. The van der Waals surface area contributed by atoms with E-state index in [1.807, 2.05) is 22.6 Å². The Labute approximate surface area is 163 Å². The lowest BCUT2D eigenvalue weighted by Crippen LogP contribution is -2.42. The number of nitrogens with zero attached hydrogens (tertiary/aromatic N) is 2. The van der Waals surface area contributed by atoms with Crippen molar-refractivity contribution in [3.05, 3.63) is 67.8 Å². The number of carboxylic acids is 1. The molecule has 0 unspecified atom stereocenters. The molecule has 0 amide bonds. The minimum absolute atomic E-state index is 0.0791. The maximum atomic E-state index is 13.0. The summed E-state index contributed by atoms with van der Waals surface area (Å²) in [6, 6.07) is 10.2. The molecule has 2 rings (SSSR count). The fourth-order valence-electron chi connectivity index (χ4n) is 2.29. The monoisotopic (exact) mass is 490 g/mol. The summed E-state index contributed by atoms with van der Waals surface area (Å²) in [4.78, 5) is 21.9. The number of carboxylic acid groups (broad SMARTS) is 1. The van der Waals surface area contributed by atoms with Crippen LogP contribution in [-0.2, 0) is 21.4 Å². The van der Waals surface area contributed by atoms with E-state index in [0.29, 0.717) is 0 Å². The van der Waals surface area contributed by atoms with Gasteiger partial charge in [0.25, 0.3) is 5.69 Å². The van der Waals surface area contributed by atoms with Gasteiger partial charge in [-0.2, -0.15) is 4.31 Å². The Morgan fingerprint density at radius 3 is 2.35 bits per heavy atom. The van der Waals surface area contributed by atoms with E-state index in [1.54, 1.807) is 12.1 Å². The van der Waals surface area contributed by atoms with E-state index in [4.69, 9.17) is 0 Å². The summed E-state index contributed by atoms with van der Waals surface area (Å²) in [5.74, 6) is -1.35. The highest BCUT2D eigenvalue weighted by atomic mass is 127. The van der Waals surface area contributed by atoms with Crippen molar-refractivity contribution in [2.24, 2.45) is 0 Å². The van der Waals surface area contributed by atoms with Gasteiger partial charge >= 0.3 is 5.97 Å². The summed E-state index contributed by atoms with van der Waals surface area (Å²) < 4.78 is 27.5. The normalized spacial score (nSPS) is 12.7. The lowest BCUT2D eigenvalue weighted by atomic mass is 10.1. The van der Waals surface area contributed by atoms with E-state index in [9.17, 15) is 28.4 Å². The number of para-hydroxylation sites is 1. The SMILES string of the molecule is C[C@@H](C(=O)O)N(Cc1ccccc1[N+](=O)[O-])S(=O)(=O)c1ccc(I)cc1. The van der Waals surface area contributed by atoms with Gasteiger partial charge in [0.05, 0.1) is 9.82 Å². The van der Waals surface area contributed by atoms with Crippen molar-refractivity contribution in [3.8, 4) is 0 Å². The van der Waals surface area contributed by atoms with Gasteiger partial charge in [-0.15, -0.1) is 0 Å². The first-order valence-electron chi connectivity index (χ1n) is 7.37. The molecule has 138 valence electrons. The standard InChI is InChI=1S/C16H15IN2O6S/c1-11(16(20)21)18(10-12-4-2-3-5-15(12)19(22)23)26(24,25)14-8-6-13(17)7-9-14/h2-9,11H,10H2,1H3,(H,20,21)/t11-/m0/s1. The lowest BCUT2D eigenvalue weighted by Gasteiger charge is -2.25. The van der Waals surface area contributed by atoms with Gasteiger partial charge in [0, 0.05) is 21.7 Å². The Bertz CT molecular complexity index is 930. The molecule has 0 heterocycles. The second-order valence-corrected chi connectivity index (χ2v) is 8.54. The van der Waals surface area contributed by atoms with Gasteiger partial charge in [-0.05, 0) is 53.8 Å². The van der Waals surface area contributed by atoms with Crippen molar-refractivity contribution in [2.75, 3.05) is 0 Å². The van der Waals surface area contributed by atoms with E-state index in [2.05, 4.69) is 0 Å². The van der Waals surface area contributed by atoms with Crippen LogP contribution in [0.4, 0.5) is 5.69 Å². The minimum Gasteiger partial charge on any atom is -0.480 e. The maximum absolute atomic E-state index is 13.0. The Kier molecular flexibility index (Phi) is 6.31. The predicted octanol–water partition coefficient (Wildman–Crippen LogP) is 2.86. The van der Waals surface area contributed by atoms with Gasteiger partial charge < -0.3 is 5.11 Å². The summed E-state index contributed by atoms with van der Waals surface area (Å²) in [6.07, 6.45) is 0. The van der Waals surface area contributed by atoms with Crippen LogP contribution in [-0.4, -0.2) is 34.8 Å². The molecule has 0 fully saturated rings. The first kappa shape index (κ1) is 20.3. The molecule has 8 nitrogen and oxygen atoms in total. The number of sulfonamides is 1. The zero-order chi connectivity index (χ0) is 19.5. The van der Waals surface area contributed by atoms with Crippen molar-refractivity contribution >= 4 is 44.3 Å². The van der Waals surface area contributed by atoms with Crippen LogP contribution in [0.25, 0.3) is 0 Å². The summed E-state index contributed by atoms with van der Waals surface area (Å²) in [5, 5.41) is 20.5. The van der Waals surface area contributed by atoms with Crippen LogP contribution in [0.15, 0.2) is 53.4 Å². The zero-order valence-corrected chi connectivity index (χ0v) is 16.5. The van der Waals surface area contributed by atoms with Crippen LogP contribution in [0.5, 0.6) is 0 Å². The van der Waals surface area contributed by atoms with Crippen LogP contribution < -0.4 is 0 Å². The van der Waals surface area contributed by atoms with Gasteiger partial charge in [0.15, 0.2) is 0 Å². The van der Waals surface area contributed by atoms with E-state index in [-0.39, 0.29) is 16.1 Å². The third kappa shape index (κ3) is 4.37. The van der Waals surface area contributed by atoms with E-state index in [0.717, 1.165) is 7.88 Å². The molecule has 0 saturated carbocycles. The molecule has 0 aliphatic heterocycles. The van der Waals surface area contributed by atoms with Gasteiger partial charge in [-0.25, -0.2) is 8.42 Å². The summed E-state index contributed by atoms with van der Waals surface area (Å²) in [6.45, 7) is 0.792. The van der Waals surface area contributed by atoms with Crippen LogP contribution in [0.3, 0.4) is 0 Å². The molecule has 2 aromatic carbocycles. The molecule has 2 aromatic rings. The molecular weight excluding hydrogens is 475 g/mol. The number of nitro benzene ring substituents is 1. The number of aliphatic carboxylic acids is 1. The molecule has 0 bridgehead atoms. The van der Waals surface area contributed by atoms with Crippen LogP contribution in [0, 0.1) is 13.7 Å². The summed E-state index contributed by atoms with van der Waals surface area (Å²) >= 11 is 2.02. The van der Waals surface area contributed by atoms with Crippen LogP contribution >= 0.6 is 22.6 Å². The van der Waals surface area contributed by atoms with Crippen LogP contribution in [0.2, 0.25) is 0 Å². The fraction of sp³-hybridized carbons (Fsp3) is 0.188. The number of hydrogen-bond donors (Lipinski definition) is 1. The smallest absolute Gasteiger partial charge is 0.321 e. The van der Waals surface area contributed by atoms with Crippen molar-refractivity contribution in [2.45, 2.75) is 24.4 Å². The third-order valence-electron chi connectivity index (χ3n) is 3.72. The summed E-state index contributed by atoms with van der Waals surface area (Å²) in [5.41, 5.74) is -0.160. The highest BCUT2D eigenvalue weighted by molar-refractivity contribution is 14.1. The Morgan fingerprint density at radius 2 is 1.81 bits per heavy atom. The first-order valence-corrected chi connectivity index (χ1v) is 9.89. The lowest BCUT2D eigenvalue weighted by molar-refractivity contribution is -0.385. The molecule has 0 radical (unpaired) electrons. The molecule has 0 aliphatic carbocycles.